The molecular formula is C9H12FIN2O4. The topological polar surface area (TPSA) is 78.9 Å². The van der Waals surface area contributed by atoms with Crippen molar-refractivity contribution in [2.24, 2.45) is 0 Å². The Bertz CT molecular complexity index is 343. The highest BCUT2D eigenvalue weighted by molar-refractivity contribution is 14.1. The Labute approximate surface area is 111 Å². The average molecular weight is 358 g/mol. The minimum absolute atomic E-state index is 0.108. The molecule has 0 radical (unpaired) electrons. The maximum absolute atomic E-state index is 13.8. The van der Waals surface area contributed by atoms with E-state index in [0.29, 0.717) is 4.43 Å². The number of urea groups is 1. The molecule has 2 N–H and O–H groups in total. The van der Waals surface area contributed by atoms with Gasteiger partial charge in [-0.1, -0.05) is 22.6 Å². The second-order valence-corrected chi connectivity index (χ2v) is 4.83. The lowest BCUT2D eigenvalue weighted by atomic mass is 10.1. The molecule has 0 aromatic heterocycles. The van der Waals surface area contributed by atoms with Gasteiger partial charge in [0.15, 0.2) is 12.4 Å². The molecule has 8 heteroatoms. The zero-order chi connectivity index (χ0) is 12.6. The van der Waals surface area contributed by atoms with Crippen LogP contribution in [0.25, 0.3) is 0 Å². The lowest BCUT2D eigenvalue weighted by Gasteiger charge is -2.32. The summed E-state index contributed by atoms with van der Waals surface area (Å²) in [5, 5.41) is 11.7. The number of ether oxygens (including phenoxy) is 1. The zero-order valence-electron chi connectivity index (χ0n) is 8.81. The van der Waals surface area contributed by atoms with E-state index in [0.717, 1.165) is 4.90 Å². The van der Waals surface area contributed by atoms with Gasteiger partial charge in [0.1, 0.15) is 6.10 Å². The SMILES string of the molecule is O=C1CCN([C@@H]2OC(CI)[C@@H](O)[C@H]2F)C(=O)N1. The summed E-state index contributed by atoms with van der Waals surface area (Å²) in [7, 11) is 0. The van der Waals surface area contributed by atoms with Gasteiger partial charge in [0.25, 0.3) is 0 Å². The first kappa shape index (κ1) is 13.0. The number of halogens is 2. The molecule has 2 rings (SSSR count). The predicted octanol–water partition coefficient (Wildman–Crippen LogP) is -0.213. The fourth-order valence-corrected chi connectivity index (χ4v) is 2.63. The Morgan fingerprint density at radius 1 is 1.59 bits per heavy atom. The summed E-state index contributed by atoms with van der Waals surface area (Å²) >= 11 is 1.98. The molecule has 0 aromatic rings. The summed E-state index contributed by atoms with van der Waals surface area (Å²) in [5.41, 5.74) is 0. The maximum atomic E-state index is 13.8. The van der Waals surface area contributed by atoms with Crippen LogP contribution >= 0.6 is 22.6 Å². The van der Waals surface area contributed by atoms with Crippen molar-refractivity contribution in [3.8, 4) is 0 Å². The van der Waals surface area contributed by atoms with Crippen molar-refractivity contribution in [2.45, 2.75) is 31.0 Å². The predicted molar refractivity (Wildman–Crippen MR) is 63.3 cm³/mol. The summed E-state index contributed by atoms with van der Waals surface area (Å²) in [6.45, 7) is 0.108. The molecule has 2 aliphatic heterocycles. The number of carbonyl (C=O) groups excluding carboxylic acids is 2. The van der Waals surface area contributed by atoms with Gasteiger partial charge >= 0.3 is 6.03 Å². The smallest absolute Gasteiger partial charge is 0.326 e. The number of imide groups is 1. The van der Waals surface area contributed by atoms with Crippen molar-refractivity contribution in [3.63, 3.8) is 0 Å². The van der Waals surface area contributed by atoms with E-state index in [4.69, 9.17) is 4.74 Å². The van der Waals surface area contributed by atoms with Gasteiger partial charge in [-0.3, -0.25) is 15.0 Å². The number of nitrogens with zero attached hydrogens (tertiary/aromatic N) is 1. The number of nitrogens with one attached hydrogen (secondary N) is 1. The molecule has 96 valence electrons. The number of hydrogen-bond donors (Lipinski definition) is 2. The molecule has 0 aliphatic carbocycles. The average Bonchev–Trinajstić information content (AvgIpc) is 2.57. The highest BCUT2D eigenvalue weighted by Crippen LogP contribution is 2.28. The van der Waals surface area contributed by atoms with Crippen LogP contribution < -0.4 is 5.32 Å². The standard InChI is InChI=1S/C9H12FIN2O4/c10-6-7(15)4(3-11)17-8(6)13-2-1-5(14)12-9(13)16/h4,6-8,15H,1-3H2,(H,12,14,16)/t4?,6-,7-,8-/m1/s1. The van der Waals surface area contributed by atoms with E-state index >= 15 is 0 Å². The third-order valence-corrected chi connectivity index (χ3v) is 3.71. The largest absolute Gasteiger partial charge is 0.387 e. The van der Waals surface area contributed by atoms with Gasteiger partial charge in [-0.05, 0) is 0 Å². The van der Waals surface area contributed by atoms with Crippen LogP contribution in [0.4, 0.5) is 9.18 Å². The van der Waals surface area contributed by atoms with Crippen molar-refractivity contribution < 1.29 is 23.8 Å². The number of alkyl halides is 2. The molecule has 4 atom stereocenters. The van der Waals surface area contributed by atoms with Gasteiger partial charge in [0.05, 0.1) is 6.10 Å². The number of aliphatic hydroxyl groups is 1. The molecule has 2 aliphatic rings. The van der Waals surface area contributed by atoms with Gasteiger partial charge in [-0.15, -0.1) is 0 Å². The van der Waals surface area contributed by atoms with Crippen LogP contribution in [0.3, 0.4) is 0 Å². The molecule has 0 bridgehead atoms. The molecule has 0 aromatic carbocycles. The van der Waals surface area contributed by atoms with Crippen LogP contribution in [0, 0.1) is 0 Å². The van der Waals surface area contributed by atoms with E-state index in [2.05, 4.69) is 5.32 Å². The first-order chi connectivity index (χ1) is 8.04. The monoisotopic (exact) mass is 358 g/mol. The number of amides is 3. The van der Waals surface area contributed by atoms with Crippen LogP contribution in [0.2, 0.25) is 0 Å². The number of hydrogen-bond acceptors (Lipinski definition) is 4. The van der Waals surface area contributed by atoms with Gasteiger partial charge in [-0.25, -0.2) is 9.18 Å². The Hall–Kier alpha value is -0.480. The number of rotatable bonds is 2. The van der Waals surface area contributed by atoms with Crippen LogP contribution in [0.15, 0.2) is 0 Å². The van der Waals surface area contributed by atoms with E-state index in [9.17, 15) is 19.1 Å². The Morgan fingerprint density at radius 2 is 2.29 bits per heavy atom. The Morgan fingerprint density at radius 3 is 2.82 bits per heavy atom. The zero-order valence-corrected chi connectivity index (χ0v) is 11.0. The molecule has 17 heavy (non-hydrogen) atoms. The van der Waals surface area contributed by atoms with E-state index < -0.39 is 30.6 Å². The second kappa shape index (κ2) is 5.02. The molecule has 3 amide bonds. The maximum Gasteiger partial charge on any atom is 0.326 e. The molecule has 2 fully saturated rings. The van der Waals surface area contributed by atoms with E-state index in [1.165, 1.54) is 0 Å². The Balaban J connectivity index is 2.08. The molecule has 6 nitrogen and oxygen atoms in total. The minimum Gasteiger partial charge on any atom is -0.387 e. The summed E-state index contributed by atoms with van der Waals surface area (Å²) in [6, 6.07) is -0.671. The van der Waals surface area contributed by atoms with Gasteiger partial charge in [-0.2, -0.15) is 0 Å². The third kappa shape index (κ3) is 2.38. The molecule has 0 saturated carbocycles. The van der Waals surface area contributed by atoms with Gasteiger partial charge in [0, 0.05) is 17.4 Å². The summed E-state index contributed by atoms with van der Waals surface area (Å²) in [4.78, 5) is 23.6. The van der Waals surface area contributed by atoms with Crippen molar-refractivity contribution in [2.75, 3.05) is 11.0 Å². The van der Waals surface area contributed by atoms with Crippen LogP contribution in [-0.4, -0.2) is 57.5 Å². The highest BCUT2D eigenvalue weighted by Gasteiger charge is 2.48. The first-order valence-electron chi connectivity index (χ1n) is 5.18. The van der Waals surface area contributed by atoms with E-state index in [1.54, 1.807) is 0 Å². The number of carbonyl (C=O) groups is 2. The van der Waals surface area contributed by atoms with Crippen molar-refractivity contribution in [3.05, 3.63) is 0 Å². The van der Waals surface area contributed by atoms with Crippen molar-refractivity contribution in [1.82, 2.24) is 10.2 Å². The van der Waals surface area contributed by atoms with Crippen LogP contribution in [0.5, 0.6) is 0 Å². The quantitative estimate of drug-likeness (QED) is 0.529. The van der Waals surface area contributed by atoms with Crippen LogP contribution in [0.1, 0.15) is 6.42 Å². The van der Waals surface area contributed by atoms with Crippen LogP contribution in [-0.2, 0) is 9.53 Å². The molecule has 1 unspecified atom stereocenters. The second-order valence-electron chi connectivity index (χ2n) is 3.95. The van der Waals surface area contributed by atoms with E-state index in [-0.39, 0.29) is 18.9 Å². The lowest BCUT2D eigenvalue weighted by Crippen LogP contribution is -2.55. The first-order valence-corrected chi connectivity index (χ1v) is 6.71. The highest BCUT2D eigenvalue weighted by atomic mass is 127. The summed E-state index contributed by atoms with van der Waals surface area (Å²) in [5.74, 6) is -0.384. The third-order valence-electron chi connectivity index (χ3n) is 2.84. The fraction of sp³-hybridized carbons (Fsp3) is 0.778. The summed E-state index contributed by atoms with van der Waals surface area (Å²) in [6.07, 6.45) is -4.50. The number of aliphatic hydroxyl groups excluding tert-OH is 1. The molecule has 2 heterocycles. The van der Waals surface area contributed by atoms with E-state index in [1.807, 2.05) is 22.6 Å². The summed E-state index contributed by atoms with van der Waals surface area (Å²) < 4.78 is 19.5. The lowest BCUT2D eigenvalue weighted by molar-refractivity contribution is -0.124. The molecular weight excluding hydrogens is 346 g/mol. The van der Waals surface area contributed by atoms with Gasteiger partial charge in [0.2, 0.25) is 5.91 Å². The van der Waals surface area contributed by atoms with Gasteiger partial charge < -0.3 is 9.84 Å². The fourth-order valence-electron chi connectivity index (χ4n) is 1.90. The minimum atomic E-state index is -1.64. The molecule has 0 spiro atoms. The molecule has 2 saturated heterocycles. The Kier molecular flexibility index (Phi) is 3.83. The van der Waals surface area contributed by atoms with Crippen molar-refractivity contribution in [1.29, 1.82) is 0 Å². The normalized spacial score (nSPS) is 38.4. The van der Waals surface area contributed by atoms with Crippen molar-refractivity contribution >= 4 is 34.5 Å².